The molecular formula is C26H29BrN2O4. The Morgan fingerprint density at radius 1 is 1.03 bits per heavy atom. The van der Waals surface area contributed by atoms with Gasteiger partial charge in [-0.05, 0) is 29.2 Å². The number of aliphatic hydroxyl groups excluding tert-OH is 1. The fraction of sp³-hybridized carbons (Fsp3) is 0.385. The minimum atomic E-state index is -0.643. The molecule has 1 unspecified atom stereocenters. The molecule has 0 aromatic heterocycles. The van der Waals surface area contributed by atoms with E-state index in [2.05, 4.69) is 34.7 Å². The number of ether oxygens (including phenoxy) is 1. The van der Waals surface area contributed by atoms with E-state index in [0.29, 0.717) is 37.8 Å². The quantitative estimate of drug-likeness (QED) is 0.354. The summed E-state index contributed by atoms with van der Waals surface area (Å²) in [7, 11) is 0. The lowest BCUT2D eigenvalue weighted by Gasteiger charge is -2.31. The van der Waals surface area contributed by atoms with Crippen molar-refractivity contribution in [1.29, 1.82) is 0 Å². The minimum absolute atomic E-state index is 0.140. The zero-order valence-corrected chi connectivity index (χ0v) is 20.5. The molecular weight excluding hydrogens is 484 g/mol. The van der Waals surface area contributed by atoms with Crippen LogP contribution >= 0.6 is 15.9 Å². The van der Waals surface area contributed by atoms with E-state index in [1.54, 1.807) is 29.2 Å². The number of carbonyl (C=O) groups is 2. The smallest absolute Gasteiger partial charge is 0.295 e. The van der Waals surface area contributed by atoms with Crippen molar-refractivity contribution in [1.82, 2.24) is 9.80 Å². The summed E-state index contributed by atoms with van der Waals surface area (Å²) in [5.74, 6) is -0.989. The Hall–Kier alpha value is -2.48. The van der Waals surface area contributed by atoms with Gasteiger partial charge in [-0.15, -0.1) is 0 Å². The zero-order chi connectivity index (χ0) is 23.5. The molecule has 1 atom stereocenters. The van der Waals surface area contributed by atoms with Crippen molar-refractivity contribution >= 4 is 33.4 Å². The van der Waals surface area contributed by atoms with Crippen LogP contribution in [0.15, 0.2) is 58.6 Å². The molecule has 33 heavy (non-hydrogen) atoms. The predicted octanol–water partition coefficient (Wildman–Crippen LogP) is 4.33. The molecule has 1 amide bonds. The van der Waals surface area contributed by atoms with Gasteiger partial charge in [0.2, 0.25) is 0 Å². The van der Waals surface area contributed by atoms with Gasteiger partial charge in [-0.2, -0.15) is 0 Å². The number of hydrogen-bond donors (Lipinski definition) is 1. The fourth-order valence-electron chi connectivity index (χ4n) is 4.36. The summed E-state index contributed by atoms with van der Waals surface area (Å²) in [6.45, 7) is 8.24. The molecule has 0 aliphatic carbocycles. The van der Waals surface area contributed by atoms with Crippen molar-refractivity contribution in [3.63, 3.8) is 0 Å². The number of morpholine rings is 1. The summed E-state index contributed by atoms with van der Waals surface area (Å²) in [5.41, 5.74) is 2.64. The van der Waals surface area contributed by atoms with E-state index < -0.39 is 17.7 Å². The van der Waals surface area contributed by atoms with Crippen LogP contribution in [0.1, 0.15) is 42.5 Å². The van der Waals surface area contributed by atoms with Gasteiger partial charge in [-0.3, -0.25) is 14.5 Å². The van der Waals surface area contributed by atoms with E-state index in [0.717, 1.165) is 23.1 Å². The van der Waals surface area contributed by atoms with Crippen LogP contribution in [0.5, 0.6) is 0 Å². The number of carbonyl (C=O) groups excluding carboxylic acids is 2. The maximum Gasteiger partial charge on any atom is 0.295 e. The number of ketones is 1. The van der Waals surface area contributed by atoms with Gasteiger partial charge in [0.15, 0.2) is 0 Å². The third kappa shape index (κ3) is 5.05. The lowest BCUT2D eigenvalue weighted by molar-refractivity contribution is -0.140. The topological polar surface area (TPSA) is 70.1 Å². The molecule has 2 aromatic carbocycles. The van der Waals surface area contributed by atoms with Gasteiger partial charge in [-0.25, -0.2) is 0 Å². The molecule has 2 saturated heterocycles. The van der Waals surface area contributed by atoms with E-state index in [4.69, 9.17) is 4.74 Å². The van der Waals surface area contributed by atoms with E-state index in [1.807, 2.05) is 24.3 Å². The lowest BCUT2D eigenvalue weighted by atomic mass is 9.93. The Kier molecular flexibility index (Phi) is 7.32. The molecule has 0 bridgehead atoms. The predicted molar refractivity (Wildman–Crippen MR) is 131 cm³/mol. The fourth-order valence-corrected chi connectivity index (χ4v) is 4.62. The van der Waals surface area contributed by atoms with Gasteiger partial charge in [0.05, 0.1) is 24.8 Å². The maximum atomic E-state index is 13.2. The Bertz CT molecular complexity index is 1040. The Morgan fingerprint density at radius 3 is 2.27 bits per heavy atom. The second kappa shape index (κ2) is 10.2. The summed E-state index contributed by atoms with van der Waals surface area (Å²) < 4.78 is 6.28. The highest BCUT2D eigenvalue weighted by molar-refractivity contribution is 9.10. The first-order valence-electron chi connectivity index (χ1n) is 11.3. The number of benzene rings is 2. The van der Waals surface area contributed by atoms with Crippen LogP contribution in [-0.4, -0.2) is 66.0 Å². The van der Waals surface area contributed by atoms with Crippen LogP contribution in [0.4, 0.5) is 0 Å². The highest BCUT2D eigenvalue weighted by atomic mass is 79.9. The van der Waals surface area contributed by atoms with Crippen LogP contribution in [0.2, 0.25) is 0 Å². The molecule has 2 aliphatic heterocycles. The Morgan fingerprint density at radius 2 is 1.67 bits per heavy atom. The Balaban J connectivity index is 1.73. The molecule has 0 saturated carbocycles. The first-order chi connectivity index (χ1) is 15.9. The van der Waals surface area contributed by atoms with Crippen molar-refractivity contribution in [2.45, 2.75) is 25.8 Å². The number of Topliss-reactive ketones (excluding diaryl/α,β-unsaturated/α-hetero) is 1. The molecule has 2 fully saturated rings. The van der Waals surface area contributed by atoms with Gasteiger partial charge in [-0.1, -0.05) is 66.2 Å². The van der Waals surface area contributed by atoms with Crippen LogP contribution in [0.3, 0.4) is 0 Å². The number of halogens is 1. The summed E-state index contributed by atoms with van der Waals surface area (Å²) >= 11 is 3.39. The normalized spacial score (nSPS) is 21.2. The second-order valence-electron chi connectivity index (χ2n) is 8.77. The van der Waals surface area contributed by atoms with Crippen molar-refractivity contribution in [3.05, 3.63) is 75.3 Å². The van der Waals surface area contributed by atoms with E-state index in [1.165, 1.54) is 5.56 Å². The molecule has 2 heterocycles. The van der Waals surface area contributed by atoms with Crippen LogP contribution in [-0.2, 0) is 14.3 Å². The second-order valence-corrected chi connectivity index (χ2v) is 9.69. The lowest BCUT2D eigenvalue weighted by Crippen LogP contribution is -2.42. The average molecular weight is 513 g/mol. The Labute approximate surface area is 203 Å². The molecule has 2 aromatic rings. The third-order valence-electron chi connectivity index (χ3n) is 6.34. The molecule has 4 rings (SSSR count). The first-order valence-corrected chi connectivity index (χ1v) is 12.1. The number of nitrogens with zero attached hydrogens (tertiary/aromatic N) is 2. The summed E-state index contributed by atoms with van der Waals surface area (Å²) in [5, 5.41) is 11.1. The number of amides is 1. The van der Waals surface area contributed by atoms with Gasteiger partial charge >= 0.3 is 0 Å². The number of hydrogen-bond acceptors (Lipinski definition) is 5. The average Bonchev–Trinajstić information content (AvgIpc) is 3.08. The largest absolute Gasteiger partial charge is 0.507 e. The molecule has 6 nitrogen and oxygen atoms in total. The van der Waals surface area contributed by atoms with Crippen LogP contribution in [0, 0.1) is 0 Å². The molecule has 0 radical (unpaired) electrons. The summed E-state index contributed by atoms with van der Waals surface area (Å²) in [4.78, 5) is 30.1. The maximum absolute atomic E-state index is 13.2. The van der Waals surface area contributed by atoms with Gasteiger partial charge in [0, 0.05) is 36.2 Å². The minimum Gasteiger partial charge on any atom is -0.507 e. The monoisotopic (exact) mass is 512 g/mol. The van der Waals surface area contributed by atoms with E-state index in [9.17, 15) is 14.7 Å². The third-order valence-corrected chi connectivity index (χ3v) is 6.87. The standard InChI is InChI=1S/C26H29BrN2O4/c1-17(2)18-3-5-19(6-4-18)23-22(24(30)20-7-9-21(27)10-8-20)25(31)26(32)29(23)12-11-28-13-15-33-16-14-28/h3-10,17,23,30H,11-16H2,1-2H3/b24-22-. The van der Waals surface area contributed by atoms with Crippen LogP contribution < -0.4 is 0 Å². The first kappa shape index (κ1) is 23.7. The SMILES string of the molecule is CC(C)c1ccc(C2/C(=C(/O)c3ccc(Br)cc3)C(=O)C(=O)N2CCN2CCOCC2)cc1. The molecule has 7 heteroatoms. The summed E-state index contributed by atoms with van der Waals surface area (Å²) in [6.07, 6.45) is 0. The van der Waals surface area contributed by atoms with Crippen molar-refractivity contribution in [2.24, 2.45) is 0 Å². The zero-order valence-electron chi connectivity index (χ0n) is 19.0. The van der Waals surface area contributed by atoms with Crippen molar-refractivity contribution in [3.8, 4) is 0 Å². The number of aliphatic hydroxyl groups is 1. The van der Waals surface area contributed by atoms with E-state index >= 15 is 0 Å². The molecule has 0 spiro atoms. The molecule has 2 aliphatic rings. The highest BCUT2D eigenvalue weighted by Gasteiger charge is 2.46. The molecule has 174 valence electrons. The van der Waals surface area contributed by atoms with Gasteiger partial charge in [0.25, 0.3) is 11.7 Å². The van der Waals surface area contributed by atoms with Crippen LogP contribution in [0.25, 0.3) is 5.76 Å². The van der Waals surface area contributed by atoms with Crippen molar-refractivity contribution in [2.75, 3.05) is 39.4 Å². The van der Waals surface area contributed by atoms with Crippen molar-refractivity contribution < 1.29 is 19.4 Å². The number of likely N-dealkylation sites (tertiary alicyclic amines) is 1. The van der Waals surface area contributed by atoms with Gasteiger partial charge < -0.3 is 14.7 Å². The molecule has 1 N–H and O–H groups in total. The summed E-state index contributed by atoms with van der Waals surface area (Å²) in [6, 6.07) is 14.4. The highest BCUT2D eigenvalue weighted by Crippen LogP contribution is 2.39. The van der Waals surface area contributed by atoms with E-state index in [-0.39, 0.29) is 11.3 Å². The van der Waals surface area contributed by atoms with Gasteiger partial charge in [0.1, 0.15) is 5.76 Å². The number of rotatable bonds is 6.